The molecule has 1 fully saturated rings. The van der Waals surface area contributed by atoms with E-state index in [2.05, 4.69) is 38.1 Å². The summed E-state index contributed by atoms with van der Waals surface area (Å²) in [6.07, 6.45) is 0.553. The molecule has 0 bridgehead atoms. The van der Waals surface area contributed by atoms with E-state index in [9.17, 15) is 0 Å². The van der Waals surface area contributed by atoms with Crippen LogP contribution in [0.4, 0.5) is 0 Å². The molecule has 1 heterocycles. The number of aryl methyl sites for hydroxylation is 2. The topological polar surface area (TPSA) is 33.0 Å². The second-order valence-corrected chi connectivity index (χ2v) is 4.43. The Hall–Kier alpha value is -1.33. The highest BCUT2D eigenvalue weighted by Crippen LogP contribution is 2.37. The fraction of sp³-hybridized carbons (Fsp3) is 0.462. The first kappa shape index (κ1) is 10.2. The van der Waals surface area contributed by atoms with E-state index in [0.29, 0.717) is 19.6 Å². The molecule has 0 saturated carbocycles. The van der Waals surface area contributed by atoms with E-state index in [4.69, 9.17) is 10.00 Å². The number of nitrogens with zero attached hydrogens (tertiary/aromatic N) is 1. The fourth-order valence-electron chi connectivity index (χ4n) is 2.16. The minimum absolute atomic E-state index is 0.0369. The highest BCUT2D eigenvalue weighted by atomic mass is 16.5. The van der Waals surface area contributed by atoms with Gasteiger partial charge in [0.1, 0.15) is 0 Å². The number of hydrogen-bond donors (Lipinski definition) is 0. The minimum Gasteiger partial charge on any atom is -0.379 e. The summed E-state index contributed by atoms with van der Waals surface area (Å²) in [7, 11) is 0. The van der Waals surface area contributed by atoms with Crippen molar-refractivity contribution in [3.63, 3.8) is 0 Å². The largest absolute Gasteiger partial charge is 0.379 e. The summed E-state index contributed by atoms with van der Waals surface area (Å²) < 4.78 is 5.29. The van der Waals surface area contributed by atoms with Crippen LogP contribution in [0.2, 0.25) is 0 Å². The number of hydrogen-bond acceptors (Lipinski definition) is 2. The second-order valence-electron chi connectivity index (χ2n) is 4.43. The summed E-state index contributed by atoms with van der Waals surface area (Å²) in [5.41, 5.74) is 3.76. The molecule has 0 aliphatic carbocycles. The molecule has 0 radical (unpaired) electrons. The number of ether oxygens (including phenoxy) is 1. The first-order valence-electron chi connectivity index (χ1n) is 5.20. The standard InChI is InChI=1S/C13H15NO/c1-10-3-4-11(2)12(7-10)13(5-6-14)8-15-9-13/h3-4,7H,5,8-9H2,1-2H3. The zero-order valence-corrected chi connectivity index (χ0v) is 9.21. The summed E-state index contributed by atoms with van der Waals surface area (Å²) in [5.74, 6) is 0. The zero-order chi connectivity index (χ0) is 10.9. The van der Waals surface area contributed by atoms with Crippen molar-refractivity contribution in [1.29, 1.82) is 5.26 Å². The van der Waals surface area contributed by atoms with E-state index in [1.54, 1.807) is 0 Å². The van der Waals surface area contributed by atoms with Crippen LogP contribution in [0.5, 0.6) is 0 Å². The van der Waals surface area contributed by atoms with Crippen LogP contribution in [0.15, 0.2) is 18.2 Å². The highest BCUT2D eigenvalue weighted by Gasteiger charge is 2.41. The molecule has 0 spiro atoms. The first-order valence-corrected chi connectivity index (χ1v) is 5.20. The minimum atomic E-state index is -0.0369. The van der Waals surface area contributed by atoms with E-state index >= 15 is 0 Å². The smallest absolute Gasteiger partial charge is 0.0632 e. The maximum Gasteiger partial charge on any atom is 0.0632 e. The van der Waals surface area contributed by atoms with Gasteiger partial charge in [0.2, 0.25) is 0 Å². The molecular weight excluding hydrogens is 186 g/mol. The maximum atomic E-state index is 8.88. The molecule has 1 saturated heterocycles. The Kier molecular flexibility index (Phi) is 2.50. The lowest BCUT2D eigenvalue weighted by atomic mass is 9.74. The molecule has 1 aliphatic heterocycles. The van der Waals surface area contributed by atoms with Crippen LogP contribution in [0.25, 0.3) is 0 Å². The maximum absolute atomic E-state index is 8.88. The monoisotopic (exact) mass is 201 g/mol. The Morgan fingerprint density at radius 3 is 2.67 bits per heavy atom. The number of nitriles is 1. The molecule has 0 aromatic heterocycles. The Morgan fingerprint density at radius 2 is 2.13 bits per heavy atom. The molecule has 2 rings (SSSR count). The Balaban J connectivity index is 2.43. The van der Waals surface area contributed by atoms with E-state index in [1.807, 2.05) is 0 Å². The fourth-order valence-corrected chi connectivity index (χ4v) is 2.16. The lowest BCUT2D eigenvalue weighted by Gasteiger charge is -2.41. The van der Waals surface area contributed by atoms with Crippen molar-refractivity contribution in [1.82, 2.24) is 0 Å². The molecule has 78 valence electrons. The van der Waals surface area contributed by atoms with Crippen LogP contribution >= 0.6 is 0 Å². The quantitative estimate of drug-likeness (QED) is 0.736. The Morgan fingerprint density at radius 1 is 1.40 bits per heavy atom. The molecule has 0 amide bonds. The van der Waals surface area contributed by atoms with E-state index in [0.717, 1.165) is 0 Å². The van der Waals surface area contributed by atoms with Crippen LogP contribution in [-0.2, 0) is 10.2 Å². The second kappa shape index (κ2) is 3.67. The van der Waals surface area contributed by atoms with Crippen molar-refractivity contribution in [2.75, 3.05) is 13.2 Å². The van der Waals surface area contributed by atoms with Gasteiger partial charge in [-0.15, -0.1) is 0 Å². The van der Waals surface area contributed by atoms with Gasteiger partial charge in [0.15, 0.2) is 0 Å². The lowest BCUT2D eigenvalue weighted by Crippen LogP contribution is -2.47. The van der Waals surface area contributed by atoms with Gasteiger partial charge < -0.3 is 4.74 Å². The Labute approximate surface area is 90.5 Å². The average Bonchev–Trinajstić information content (AvgIpc) is 2.16. The van der Waals surface area contributed by atoms with Crippen LogP contribution in [0.1, 0.15) is 23.1 Å². The van der Waals surface area contributed by atoms with Crippen molar-refractivity contribution in [3.8, 4) is 6.07 Å². The highest BCUT2D eigenvalue weighted by molar-refractivity contribution is 5.39. The lowest BCUT2D eigenvalue weighted by molar-refractivity contribution is -0.0580. The molecule has 1 aromatic rings. The number of benzene rings is 1. The van der Waals surface area contributed by atoms with Crippen molar-refractivity contribution in [2.45, 2.75) is 25.7 Å². The van der Waals surface area contributed by atoms with E-state index in [1.165, 1.54) is 16.7 Å². The summed E-state index contributed by atoms with van der Waals surface area (Å²) >= 11 is 0. The van der Waals surface area contributed by atoms with Crippen molar-refractivity contribution < 1.29 is 4.74 Å². The molecule has 1 aromatic carbocycles. The molecule has 0 N–H and O–H groups in total. The van der Waals surface area contributed by atoms with Crippen LogP contribution in [-0.4, -0.2) is 13.2 Å². The van der Waals surface area contributed by atoms with Gasteiger partial charge in [-0.3, -0.25) is 0 Å². The Bertz CT molecular complexity index is 413. The zero-order valence-electron chi connectivity index (χ0n) is 9.21. The first-order chi connectivity index (χ1) is 7.18. The molecule has 0 unspecified atom stereocenters. The molecular formula is C13H15NO. The SMILES string of the molecule is Cc1ccc(C)c(C2(CC#N)COC2)c1. The van der Waals surface area contributed by atoms with Crippen LogP contribution < -0.4 is 0 Å². The predicted molar refractivity (Wildman–Crippen MR) is 58.6 cm³/mol. The summed E-state index contributed by atoms with van der Waals surface area (Å²) in [5, 5.41) is 8.88. The molecule has 0 atom stereocenters. The van der Waals surface area contributed by atoms with Crippen molar-refractivity contribution in [3.05, 3.63) is 34.9 Å². The predicted octanol–water partition coefficient (Wildman–Crippen LogP) is 2.49. The van der Waals surface area contributed by atoms with Gasteiger partial charge >= 0.3 is 0 Å². The van der Waals surface area contributed by atoms with Gasteiger partial charge in [0.25, 0.3) is 0 Å². The third-order valence-corrected chi connectivity index (χ3v) is 3.14. The van der Waals surface area contributed by atoms with Crippen LogP contribution in [0, 0.1) is 25.2 Å². The van der Waals surface area contributed by atoms with Gasteiger partial charge in [0, 0.05) is 6.42 Å². The molecule has 15 heavy (non-hydrogen) atoms. The molecule has 2 heteroatoms. The van der Waals surface area contributed by atoms with Crippen LogP contribution in [0.3, 0.4) is 0 Å². The summed E-state index contributed by atoms with van der Waals surface area (Å²) in [6.45, 7) is 5.56. The van der Waals surface area contributed by atoms with Gasteiger partial charge in [-0.2, -0.15) is 5.26 Å². The normalized spacial score (nSPS) is 17.9. The van der Waals surface area contributed by atoms with Gasteiger partial charge in [-0.05, 0) is 25.0 Å². The van der Waals surface area contributed by atoms with E-state index in [-0.39, 0.29) is 5.41 Å². The van der Waals surface area contributed by atoms with Gasteiger partial charge in [-0.1, -0.05) is 23.8 Å². The summed E-state index contributed by atoms with van der Waals surface area (Å²) in [6, 6.07) is 8.70. The summed E-state index contributed by atoms with van der Waals surface area (Å²) in [4.78, 5) is 0. The number of rotatable bonds is 2. The van der Waals surface area contributed by atoms with Gasteiger partial charge in [0.05, 0.1) is 24.7 Å². The van der Waals surface area contributed by atoms with Crippen molar-refractivity contribution in [2.24, 2.45) is 0 Å². The third kappa shape index (κ3) is 1.64. The van der Waals surface area contributed by atoms with Gasteiger partial charge in [-0.25, -0.2) is 0 Å². The molecule has 2 nitrogen and oxygen atoms in total. The van der Waals surface area contributed by atoms with Crippen molar-refractivity contribution >= 4 is 0 Å². The third-order valence-electron chi connectivity index (χ3n) is 3.14. The average molecular weight is 201 g/mol. The van der Waals surface area contributed by atoms with E-state index < -0.39 is 0 Å². The molecule has 1 aliphatic rings.